The molecule has 0 aliphatic carbocycles. The summed E-state index contributed by atoms with van der Waals surface area (Å²) in [6.45, 7) is 6.25. The summed E-state index contributed by atoms with van der Waals surface area (Å²) < 4.78 is 24.5. The zero-order chi connectivity index (χ0) is 20.7. The average molecular weight is 419 g/mol. The highest BCUT2D eigenvalue weighted by atomic mass is 31.2. The van der Waals surface area contributed by atoms with Crippen molar-refractivity contribution in [2.24, 2.45) is 0 Å². The Hall–Kier alpha value is 0.110. The van der Waals surface area contributed by atoms with Gasteiger partial charge >= 0.3 is 7.60 Å². The van der Waals surface area contributed by atoms with Crippen LogP contribution in [0, 0.1) is 0 Å². The van der Waals surface area contributed by atoms with Gasteiger partial charge in [-0.3, -0.25) is 9.09 Å². The number of hydrogen-bond acceptors (Lipinski definition) is 3. The van der Waals surface area contributed by atoms with Gasteiger partial charge in [0.1, 0.15) is 25.8 Å². The largest absolute Gasteiger partial charge is 0.328 e. The molecule has 1 fully saturated rings. The lowest BCUT2D eigenvalue weighted by Gasteiger charge is -2.36. The maximum atomic E-state index is 12.3. The van der Waals surface area contributed by atoms with Gasteiger partial charge in [0.2, 0.25) is 0 Å². The van der Waals surface area contributed by atoms with Gasteiger partial charge in [-0.1, -0.05) is 96.8 Å². The number of rotatable bonds is 15. The van der Waals surface area contributed by atoms with Crippen LogP contribution in [0.3, 0.4) is 0 Å². The maximum absolute atomic E-state index is 12.3. The number of hydrogen-bond donors (Lipinski definition) is 0. The lowest BCUT2D eigenvalue weighted by Crippen LogP contribution is -2.48. The second-order valence-corrected chi connectivity index (χ2v) is 11.6. The van der Waals surface area contributed by atoms with Crippen LogP contribution >= 0.6 is 7.60 Å². The highest BCUT2D eigenvalue weighted by Crippen LogP contribution is 2.46. The molecule has 1 saturated heterocycles. The van der Waals surface area contributed by atoms with Crippen molar-refractivity contribution in [1.29, 1.82) is 0 Å². The van der Waals surface area contributed by atoms with Crippen molar-refractivity contribution in [2.45, 2.75) is 109 Å². The summed E-state index contributed by atoms with van der Waals surface area (Å²) in [5, 5.41) is 0. The molecule has 1 aliphatic rings. The molecule has 1 rings (SSSR count). The molecule has 0 amide bonds. The van der Waals surface area contributed by atoms with Crippen LogP contribution in [0.2, 0.25) is 0 Å². The van der Waals surface area contributed by atoms with E-state index in [1.165, 1.54) is 89.9 Å². The molecule has 168 valence electrons. The molecule has 1 aliphatic heterocycles. The summed E-state index contributed by atoms with van der Waals surface area (Å²) in [4.78, 5) is 0. The first-order valence-corrected chi connectivity index (χ1v) is 14.1. The summed E-state index contributed by atoms with van der Waals surface area (Å²) in [6, 6.07) is 0. The zero-order valence-electron chi connectivity index (χ0n) is 19.4. The van der Waals surface area contributed by atoms with Crippen molar-refractivity contribution in [3.8, 4) is 0 Å². The SMILES string of the molecule is CCCCCCCCCCCCCCCC[C@@H]1C[N+](C)(C)CCOP(C)(=O)O1. The molecular weight excluding hydrogens is 369 g/mol. The Balaban J connectivity index is 1.99. The molecule has 0 bridgehead atoms. The van der Waals surface area contributed by atoms with Gasteiger partial charge in [0.15, 0.2) is 0 Å². The van der Waals surface area contributed by atoms with Gasteiger partial charge in [-0.15, -0.1) is 0 Å². The minimum Gasteiger partial charge on any atom is -0.324 e. The van der Waals surface area contributed by atoms with E-state index in [0.717, 1.165) is 24.0 Å². The Labute approximate surface area is 175 Å². The Morgan fingerprint density at radius 2 is 1.29 bits per heavy atom. The quantitative estimate of drug-likeness (QED) is 0.161. The van der Waals surface area contributed by atoms with Crippen LogP contribution in [-0.4, -0.2) is 51.0 Å². The fourth-order valence-corrected chi connectivity index (χ4v) is 5.33. The third kappa shape index (κ3) is 14.1. The lowest BCUT2D eigenvalue weighted by molar-refractivity contribution is -0.893. The molecular formula is C23H49NO3P+. The van der Waals surface area contributed by atoms with Gasteiger partial charge in [0.25, 0.3) is 0 Å². The van der Waals surface area contributed by atoms with E-state index in [0.29, 0.717) is 6.61 Å². The van der Waals surface area contributed by atoms with Gasteiger partial charge in [-0.25, -0.2) is 0 Å². The van der Waals surface area contributed by atoms with E-state index in [2.05, 4.69) is 21.0 Å². The van der Waals surface area contributed by atoms with Crippen LogP contribution in [0.15, 0.2) is 0 Å². The van der Waals surface area contributed by atoms with Gasteiger partial charge in [0, 0.05) is 6.66 Å². The second kappa shape index (κ2) is 15.0. The Morgan fingerprint density at radius 1 is 0.821 bits per heavy atom. The first-order valence-electron chi connectivity index (χ1n) is 12.1. The van der Waals surface area contributed by atoms with Gasteiger partial charge < -0.3 is 9.01 Å². The van der Waals surface area contributed by atoms with E-state index in [-0.39, 0.29) is 6.10 Å². The summed E-state index contributed by atoms with van der Waals surface area (Å²) in [7, 11) is 1.54. The summed E-state index contributed by atoms with van der Waals surface area (Å²) in [5.41, 5.74) is 0. The smallest absolute Gasteiger partial charge is 0.324 e. The number of quaternary nitrogens is 1. The Bertz CT molecular complexity index is 428. The van der Waals surface area contributed by atoms with Crippen molar-refractivity contribution < 1.29 is 18.1 Å². The topological polar surface area (TPSA) is 35.5 Å². The normalized spacial score (nSPS) is 25.4. The highest BCUT2D eigenvalue weighted by Gasteiger charge is 2.32. The average Bonchev–Trinajstić information content (AvgIpc) is 2.59. The summed E-state index contributed by atoms with van der Waals surface area (Å²) in [6.07, 6.45) is 20.3. The molecule has 0 spiro atoms. The van der Waals surface area contributed by atoms with Crippen molar-refractivity contribution in [1.82, 2.24) is 0 Å². The van der Waals surface area contributed by atoms with Crippen molar-refractivity contribution >= 4 is 7.60 Å². The molecule has 0 aromatic rings. The van der Waals surface area contributed by atoms with Gasteiger partial charge in [0.05, 0.1) is 14.1 Å². The standard InChI is InChI=1S/C23H49NO3P/c1-5-6-7-8-9-10-11-12-13-14-15-16-17-18-19-23-22-24(2,3)20-21-26-28(4,25)27-23/h23H,5-22H2,1-4H3/q+1/t23-,28?/m1/s1. The number of likely N-dealkylation sites (N-methyl/N-ethyl adjacent to an activating group) is 1. The maximum Gasteiger partial charge on any atom is 0.328 e. The third-order valence-electron chi connectivity index (χ3n) is 5.94. The molecule has 4 nitrogen and oxygen atoms in total. The summed E-state index contributed by atoms with van der Waals surface area (Å²) >= 11 is 0. The lowest BCUT2D eigenvalue weighted by atomic mass is 10.0. The molecule has 0 N–H and O–H groups in total. The van der Waals surface area contributed by atoms with E-state index in [1.54, 1.807) is 6.66 Å². The minimum absolute atomic E-state index is 0.0588. The van der Waals surface area contributed by atoms with Gasteiger partial charge in [-0.2, -0.15) is 0 Å². The molecule has 5 heteroatoms. The molecule has 1 heterocycles. The fourth-order valence-electron chi connectivity index (χ4n) is 4.14. The molecule has 0 radical (unpaired) electrons. The van der Waals surface area contributed by atoms with E-state index in [9.17, 15) is 4.57 Å². The van der Waals surface area contributed by atoms with Crippen LogP contribution in [0.1, 0.15) is 103 Å². The van der Waals surface area contributed by atoms with Crippen LogP contribution in [0.25, 0.3) is 0 Å². The molecule has 0 aromatic heterocycles. The first-order chi connectivity index (χ1) is 13.3. The molecule has 28 heavy (non-hydrogen) atoms. The fraction of sp³-hybridized carbons (Fsp3) is 1.00. The first kappa shape index (κ1) is 26.1. The van der Waals surface area contributed by atoms with E-state index in [4.69, 9.17) is 9.05 Å². The van der Waals surface area contributed by atoms with Crippen LogP contribution in [0.4, 0.5) is 0 Å². The predicted octanol–water partition coefficient (Wildman–Crippen LogP) is 7.17. The summed E-state index contributed by atoms with van der Waals surface area (Å²) in [5.74, 6) is 0. The van der Waals surface area contributed by atoms with Crippen molar-refractivity contribution in [3.63, 3.8) is 0 Å². The Kier molecular flexibility index (Phi) is 14.0. The third-order valence-corrected chi connectivity index (χ3v) is 7.27. The minimum atomic E-state index is -2.87. The van der Waals surface area contributed by atoms with E-state index < -0.39 is 7.60 Å². The number of unbranched alkanes of at least 4 members (excludes halogenated alkanes) is 13. The van der Waals surface area contributed by atoms with Crippen LogP contribution in [-0.2, 0) is 13.6 Å². The van der Waals surface area contributed by atoms with Gasteiger partial charge in [-0.05, 0) is 6.42 Å². The highest BCUT2D eigenvalue weighted by molar-refractivity contribution is 7.53. The molecule has 1 unspecified atom stereocenters. The molecule has 0 saturated carbocycles. The van der Waals surface area contributed by atoms with Crippen LogP contribution in [0.5, 0.6) is 0 Å². The number of nitrogens with zero attached hydrogens (tertiary/aromatic N) is 1. The van der Waals surface area contributed by atoms with E-state index >= 15 is 0 Å². The van der Waals surface area contributed by atoms with E-state index in [1.807, 2.05) is 0 Å². The molecule has 0 aromatic carbocycles. The zero-order valence-corrected chi connectivity index (χ0v) is 20.3. The second-order valence-electron chi connectivity index (χ2n) is 9.56. The predicted molar refractivity (Wildman–Crippen MR) is 121 cm³/mol. The van der Waals surface area contributed by atoms with Crippen molar-refractivity contribution in [2.75, 3.05) is 40.5 Å². The Morgan fingerprint density at radius 3 is 1.79 bits per heavy atom. The monoisotopic (exact) mass is 418 g/mol. The van der Waals surface area contributed by atoms with Crippen LogP contribution < -0.4 is 0 Å². The molecule has 2 atom stereocenters. The van der Waals surface area contributed by atoms with Crippen molar-refractivity contribution in [3.05, 3.63) is 0 Å².